The molecule has 6 aromatic rings. The summed E-state index contributed by atoms with van der Waals surface area (Å²) in [5.41, 5.74) is 7.42. The number of rotatable bonds is 14. The van der Waals surface area contributed by atoms with Gasteiger partial charge in [-0.3, -0.25) is 20.3 Å². The number of piperidine rings is 1. The summed E-state index contributed by atoms with van der Waals surface area (Å²) in [5.74, 6) is 2.49. The summed E-state index contributed by atoms with van der Waals surface area (Å²) < 4.78 is 5.36. The highest BCUT2D eigenvalue weighted by Crippen LogP contribution is 2.31. The molecule has 2 aliphatic heterocycles. The maximum absolute atomic E-state index is 12.2. The van der Waals surface area contributed by atoms with Gasteiger partial charge >= 0.3 is 6.03 Å². The number of carbonyl (C=O) groups excluding carboxylic acids is 2. The molecular weight excluding hydrogens is 775 g/mol. The number of aliphatic hydroxyl groups excluding tert-OH is 1. The van der Waals surface area contributed by atoms with Gasteiger partial charge in [0.05, 0.1) is 0 Å². The van der Waals surface area contributed by atoms with E-state index in [2.05, 4.69) is 74.4 Å². The fourth-order valence-corrected chi connectivity index (χ4v) is 7.81. The molecule has 0 radical (unpaired) electrons. The molecule has 1 unspecified atom stereocenters. The summed E-state index contributed by atoms with van der Waals surface area (Å²) in [4.78, 5) is 54.0. The van der Waals surface area contributed by atoms with E-state index in [9.17, 15) is 14.7 Å². The molecule has 6 N–H and O–H groups in total. The number of carbonyl (C=O) groups is 2. The van der Waals surface area contributed by atoms with Crippen LogP contribution in [0.25, 0.3) is 33.8 Å². The van der Waals surface area contributed by atoms with E-state index in [1.165, 1.54) is 6.33 Å². The second-order valence-electron chi connectivity index (χ2n) is 16.8. The van der Waals surface area contributed by atoms with Crippen LogP contribution in [0.4, 0.5) is 22.0 Å². The van der Waals surface area contributed by atoms with E-state index in [-0.39, 0.29) is 29.2 Å². The van der Waals surface area contributed by atoms with Crippen molar-refractivity contribution in [3.05, 3.63) is 90.0 Å². The van der Waals surface area contributed by atoms with E-state index >= 15 is 0 Å². The Morgan fingerprint density at radius 3 is 2.41 bits per heavy atom. The second kappa shape index (κ2) is 17.7. The zero-order valence-corrected chi connectivity index (χ0v) is 35.2. The van der Waals surface area contributed by atoms with Crippen LogP contribution in [0.1, 0.15) is 82.1 Å². The molecule has 2 aliphatic rings. The predicted molar refractivity (Wildman–Crippen MR) is 233 cm³/mol. The molecule has 4 aromatic heterocycles. The molecule has 0 saturated carbocycles. The number of anilines is 3. The Labute approximate surface area is 354 Å². The number of aryl methyl sites for hydroxylation is 1. The van der Waals surface area contributed by atoms with Crippen LogP contribution in [0.3, 0.4) is 0 Å². The van der Waals surface area contributed by atoms with Crippen LogP contribution in [0, 0.1) is 12.8 Å². The number of aromatic amines is 1. The second-order valence-corrected chi connectivity index (χ2v) is 16.8. The molecule has 17 heteroatoms. The van der Waals surface area contributed by atoms with Crippen molar-refractivity contribution < 1.29 is 19.2 Å². The molecule has 0 aliphatic carbocycles. The Morgan fingerprint density at radius 1 is 0.934 bits per heavy atom. The molecular formula is C44H53N13O4. The van der Waals surface area contributed by atoms with Gasteiger partial charge in [0.2, 0.25) is 17.6 Å². The highest BCUT2D eigenvalue weighted by molar-refractivity contribution is 6.05. The van der Waals surface area contributed by atoms with Gasteiger partial charge in [-0.25, -0.2) is 24.7 Å². The van der Waals surface area contributed by atoms with Crippen molar-refractivity contribution in [2.75, 3.05) is 54.4 Å². The number of urea groups is 1. The Morgan fingerprint density at radius 2 is 1.70 bits per heavy atom. The van der Waals surface area contributed by atoms with Crippen LogP contribution in [0.2, 0.25) is 0 Å². The van der Waals surface area contributed by atoms with Gasteiger partial charge < -0.3 is 30.1 Å². The molecule has 0 bridgehead atoms. The predicted octanol–water partition coefficient (Wildman–Crippen LogP) is 5.78. The molecule has 318 valence electrons. The third-order valence-electron chi connectivity index (χ3n) is 11.3. The number of nitrogens with one attached hydrogen (secondary N) is 5. The Hall–Kier alpha value is -6.30. The van der Waals surface area contributed by atoms with Crippen molar-refractivity contribution in [1.29, 1.82) is 0 Å². The van der Waals surface area contributed by atoms with Crippen LogP contribution in [-0.2, 0) is 10.2 Å². The number of hydrogen-bond donors (Lipinski definition) is 6. The molecule has 2 aromatic carbocycles. The van der Waals surface area contributed by atoms with Crippen LogP contribution in [0.5, 0.6) is 0 Å². The minimum Gasteiger partial charge on any atom is -0.372 e. The Kier molecular flexibility index (Phi) is 12.0. The summed E-state index contributed by atoms with van der Waals surface area (Å²) in [6.45, 7) is 14.8. The number of imide groups is 1. The SMILES string of the molecule is Cc1cc(-c2ncnc3[nH]c(-c4ccc(NCCNCC5CCN(c6ccc(N7CCC(=O)NC7=O)cc6)CC5)nc4)nc23)ccc1[C@@H](C)NC(O)c1noc(C(C)(C)C)n1. The summed E-state index contributed by atoms with van der Waals surface area (Å²) in [6, 6.07) is 17.5. The molecule has 2 saturated heterocycles. The number of aromatic nitrogens is 7. The molecule has 8 rings (SSSR count). The first-order valence-electron chi connectivity index (χ1n) is 20.9. The summed E-state index contributed by atoms with van der Waals surface area (Å²) >= 11 is 0. The van der Waals surface area contributed by atoms with Crippen molar-refractivity contribution in [2.24, 2.45) is 5.92 Å². The molecule has 3 amide bonds. The lowest BCUT2D eigenvalue weighted by Gasteiger charge is -2.34. The van der Waals surface area contributed by atoms with Crippen LogP contribution in [0.15, 0.2) is 71.6 Å². The van der Waals surface area contributed by atoms with Crippen LogP contribution < -0.4 is 31.1 Å². The van der Waals surface area contributed by atoms with Crippen LogP contribution >= 0.6 is 0 Å². The van der Waals surface area contributed by atoms with E-state index in [0.29, 0.717) is 47.5 Å². The van der Waals surface area contributed by atoms with E-state index in [1.54, 1.807) is 11.1 Å². The first-order chi connectivity index (χ1) is 29.4. The number of nitrogens with zero attached hydrogens (tertiary/aromatic N) is 8. The van der Waals surface area contributed by atoms with Gasteiger partial charge in [-0.15, -0.1) is 0 Å². The van der Waals surface area contributed by atoms with Gasteiger partial charge in [-0.05, 0) is 92.7 Å². The largest absolute Gasteiger partial charge is 0.372 e. The third kappa shape index (κ3) is 9.53. The van der Waals surface area contributed by atoms with Crippen molar-refractivity contribution in [3.63, 3.8) is 0 Å². The Balaban J connectivity index is 0.795. The molecule has 0 spiro atoms. The maximum Gasteiger partial charge on any atom is 0.328 e. The monoisotopic (exact) mass is 827 g/mol. The lowest BCUT2D eigenvalue weighted by molar-refractivity contribution is -0.120. The normalized spacial score (nSPS) is 16.2. The van der Waals surface area contributed by atoms with Crippen LogP contribution in [-0.4, -0.2) is 91.4 Å². The highest BCUT2D eigenvalue weighted by atomic mass is 16.5. The molecule has 6 heterocycles. The third-order valence-corrected chi connectivity index (χ3v) is 11.3. The smallest absolute Gasteiger partial charge is 0.328 e. The van der Waals surface area contributed by atoms with E-state index < -0.39 is 6.23 Å². The van der Waals surface area contributed by atoms with Gasteiger partial charge in [0.15, 0.2) is 11.9 Å². The lowest BCUT2D eigenvalue weighted by atomic mass is 9.96. The van der Waals surface area contributed by atoms with E-state index in [4.69, 9.17) is 9.51 Å². The highest BCUT2D eigenvalue weighted by Gasteiger charge is 2.27. The molecule has 17 nitrogen and oxygen atoms in total. The zero-order chi connectivity index (χ0) is 42.7. The van der Waals surface area contributed by atoms with E-state index in [0.717, 1.165) is 85.0 Å². The lowest BCUT2D eigenvalue weighted by Crippen LogP contribution is -2.49. The van der Waals surface area contributed by atoms with Gasteiger partial charge in [0.1, 0.15) is 29.2 Å². The fourth-order valence-electron chi connectivity index (χ4n) is 7.81. The van der Waals surface area contributed by atoms with Crippen molar-refractivity contribution in [1.82, 2.24) is 51.0 Å². The van der Waals surface area contributed by atoms with Crippen molar-refractivity contribution in [3.8, 4) is 22.6 Å². The standard InChI is InChI=1S/C44H53N13O4/c1-26-22-29(6-12-33(26)27(2)50-41(59)40-54-42(61-55-40)44(3,4)5)36-37-39(49-25-48-36)53-38(52-37)30-7-13-34(47-24-30)46-18-17-45-23-28-14-19-56(20-15-28)31-8-10-32(11-9-31)57-21-16-35(58)51-43(57)60/h6-13,22,24-25,27-28,41,45,50,59H,14-21,23H2,1-5H3,(H,46,47)(H,51,58,60)(H,48,49,52,53)/t27-,41?/m1/s1. The summed E-state index contributed by atoms with van der Waals surface area (Å²) in [6.07, 6.45) is 4.77. The quantitative estimate of drug-likeness (QED) is 0.0568. The molecule has 61 heavy (non-hydrogen) atoms. The molecule has 2 atom stereocenters. The van der Waals surface area contributed by atoms with Crippen molar-refractivity contribution in [2.45, 2.75) is 71.6 Å². The number of benzene rings is 2. The fraction of sp³-hybridized carbons (Fsp3) is 0.409. The number of H-pyrrole nitrogens is 1. The number of amides is 3. The van der Waals surface area contributed by atoms with Gasteiger partial charge in [0.25, 0.3) is 0 Å². The topological polar surface area (TPSA) is 215 Å². The number of hydrogen-bond acceptors (Lipinski definition) is 14. The number of fused-ring (bicyclic) bond motifs is 1. The van der Waals surface area contributed by atoms with Crippen molar-refractivity contribution >= 4 is 40.3 Å². The van der Waals surface area contributed by atoms with Gasteiger partial charge in [-0.2, -0.15) is 4.98 Å². The Bertz CT molecular complexity index is 2470. The average molecular weight is 828 g/mol. The first-order valence-corrected chi connectivity index (χ1v) is 20.9. The first kappa shape index (κ1) is 41.4. The molecule has 2 fully saturated rings. The average Bonchev–Trinajstić information content (AvgIpc) is 3.94. The zero-order valence-electron chi connectivity index (χ0n) is 35.2. The van der Waals surface area contributed by atoms with Gasteiger partial charge in [0, 0.05) is 79.3 Å². The summed E-state index contributed by atoms with van der Waals surface area (Å²) in [7, 11) is 0. The minimum absolute atomic E-state index is 0.202. The maximum atomic E-state index is 12.2. The number of pyridine rings is 1. The summed E-state index contributed by atoms with van der Waals surface area (Å²) in [5, 5.41) is 27.4. The minimum atomic E-state index is -1.09. The van der Waals surface area contributed by atoms with Gasteiger partial charge in [-0.1, -0.05) is 38.1 Å². The number of imidazole rings is 1. The van der Waals surface area contributed by atoms with E-state index in [1.807, 2.05) is 71.0 Å². The number of aliphatic hydroxyl groups is 1.